The van der Waals surface area contributed by atoms with Gasteiger partial charge < -0.3 is 9.46 Å². The van der Waals surface area contributed by atoms with E-state index in [2.05, 4.69) is 22.9 Å². The Morgan fingerprint density at radius 3 is 2.30 bits per heavy atom. The van der Waals surface area contributed by atoms with Gasteiger partial charge in [0.2, 0.25) is 5.82 Å². The van der Waals surface area contributed by atoms with Gasteiger partial charge in [0.1, 0.15) is 5.75 Å². The van der Waals surface area contributed by atoms with Gasteiger partial charge in [-0.1, -0.05) is 55.6 Å². The molecule has 0 aliphatic carbocycles. The van der Waals surface area contributed by atoms with Crippen molar-refractivity contribution in [1.29, 1.82) is 0 Å². The summed E-state index contributed by atoms with van der Waals surface area (Å²) in [5.74, 6) is 1.78. The van der Waals surface area contributed by atoms with Gasteiger partial charge in [-0.15, -0.1) is 0 Å². The fourth-order valence-corrected chi connectivity index (χ4v) is 3.14. The summed E-state index contributed by atoms with van der Waals surface area (Å²) in [4.78, 5) is 10.3. The number of nitrogens with zero attached hydrogens (tertiary/aromatic N) is 2. The van der Waals surface area contributed by atoms with Crippen molar-refractivity contribution in [3.8, 4) is 11.6 Å². The lowest BCUT2D eigenvalue weighted by Gasteiger charge is -2.15. The number of benzene rings is 2. The predicted molar refractivity (Wildman–Crippen MR) is 115 cm³/mol. The molecule has 1 heterocycles. The first-order valence-electron chi connectivity index (χ1n) is 8.51. The zero-order chi connectivity index (χ0) is 19.2. The molecule has 0 saturated carbocycles. The SMILES string of the molecule is C=C/C=C(\C=C)SNc1nc2ccccc2nc1Oc1c(C)cccc1C. The topological polar surface area (TPSA) is 47.0 Å². The van der Waals surface area contributed by atoms with Crippen LogP contribution < -0.4 is 9.46 Å². The molecular weight excluding hydrogens is 354 g/mol. The Labute approximate surface area is 163 Å². The molecule has 1 N–H and O–H groups in total. The zero-order valence-corrected chi connectivity index (χ0v) is 16.2. The number of hydrogen-bond acceptors (Lipinski definition) is 5. The highest BCUT2D eigenvalue weighted by Gasteiger charge is 2.14. The molecule has 0 radical (unpaired) electrons. The van der Waals surface area contributed by atoms with E-state index in [4.69, 9.17) is 9.72 Å². The summed E-state index contributed by atoms with van der Waals surface area (Å²) in [6.07, 6.45) is 5.33. The van der Waals surface area contributed by atoms with Crippen LogP contribution in [0.4, 0.5) is 5.82 Å². The van der Waals surface area contributed by atoms with E-state index in [-0.39, 0.29) is 0 Å². The van der Waals surface area contributed by atoms with Crippen molar-refractivity contribution in [2.45, 2.75) is 13.8 Å². The van der Waals surface area contributed by atoms with Gasteiger partial charge in [0.25, 0.3) is 5.88 Å². The number of ether oxygens (including phenoxy) is 1. The molecule has 3 rings (SSSR count). The smallest absolute Gasteiger partial charge is 0.264 e. The normalized spacial score (nSPS) is 11.3. The lowest BCUT2D eigenvalue weighted by molar-refractivity contribution is 0.459. The molecule has 0 aliphatic rings. The molecule has 0 unspecified atom stereocenters. The van der Waals surface area contributed by atoms with Gasteiger partial charge >= 0.3 is 0 Å². The van der Waals surface area contributed by atoms with Gasteiger partial charge in [0.05, 0.1) is 11.0 Å². The molecule has 0 amide bonds. The number of nitrogens with one attached hydrogen (secondary N) is 1. The second-order valence-electron chi connectivity index (χ2n) is 5.90. The van der Waals surface area contributed by atoms with Crippen molar-refractivity contribution in [3.05, 3.63) is 89.9 Å². The van der Waals surface area contributed by atoms with Crippen molar-refractivity contribution in [2.24, 2.45) is 0 Å². The highest BCUT2D eigenvalue weighted by atomic mass is 32.2. The zero-order valence-electron chi connectivity index (χ0n) is 15.4. The second kappa shape index (κ2) is 8.56. The maximum absolute atomic E-state index is 6.19. The molecular formula is C22H21N3OS. The van der Waals surface area contributed by atoms with Crippen molar-refractivity contribution >= 4 is 28.8 Å². The molecule has 0 atom stereocenters. The Kier molecular flexibility index (Phi) is 5.94. The molecule has 0 bridgehead atoms. The number of anilines is 1. The van der Waals surface area contributed by atoms with Crippen molar-refractivity contribution in [3.63, 3.8) is 0 Å². The van der Waals surface area contributed by atoms with Crippen LogP contribution in [0.5, 0.6) is 11.6 Å². The van der Waals surface area contributed by atoms with Gasteiger partial charge in [-0.2, -0.15) is 0 Å². The molecule has 0 aliphatic heterocycles. The minimum absolute atomic E-state index is 0.431. The van der Waals surface area contributed by atoms with Crippen LogP contribution in [0.3, 0.4) is 0 Å². The quantitative estimate of drug-likeness (QED) is 0.385. The first-order chi connectivity index (χ1) is 13.1. The van der Waals surface area contributed by atoms with Gasteiger partial charge in [-0.3, -0.25) is 0 Å². The van der Waals surface area contributed by atoms with Gasteiger partial charge in [0.15, 0.2) is 0 Å². The van der Waals surface area contributed by atoms with Crippen LogP contribution in [-0.4, -0.2) is 9.97 Å². The van der Waals surface area contributed by atoms with E-state index in [1.54, 1.807) is 12.2 Å². The third kappa shape index (κ3) is 4.38. The Hall–Kier alpha value is -3.05. The molecule has 0 spiro atoms. The van der Waals surface area contributed by atoms with Crippen molar-refractivity contribution < 1.29 is 4.74 Å². The van der Waals surface area contributed by atoms with Gasteiger partial charge in [-0.05, 0) is 55.1 Å². The number of rotatable bonds is 7. The highest BCUT2D eigenvalue weighted by molar-refractivity contribution is 8.04. The first kappa shape index (κ1) is 18.7. The maximum Gasteiger partial charge on any atom is 0.264 e. The molecule has 3 aromatic rings. The summed E-state index contributed by atoms with van der Waals surface area (Å²) < 4.78 is 9.42. The number of allylic oxidation sites excluding steroid dienone is 3. The minimum atomic E-state index is 0.431. The lowest BCUT2D eigenvalue weighted by atomic mass is 10.1. The first-order valence-corrected chi connectivity index (χ1v) is 9.33. The Balaban J connectivity index is 2.02. The van der Waals surface area contributed by atoms with Crippen LogP contribution in [0.2, 0.25) is 0 Å². The molecule has 5 heteroatoms. The van der Waals surface area contributed by atoms with Crippen LogP contribution in [0.25, 0.3) is 11.0 Å². The summed E-state index contributed by atoms with van der Waals surface area (Å²) >= 11 is 1.38. The van der Waals surface area contributed by atoms with Gasteiger partial charge in [0, 0.05) is 4.91 Å². The average molecular weight is 375 g/mol. The predicted octanol–water partition coefficient (Wildman–Crippen LogP) is 6.35. The summed E-state index contributed by atoms with van der Waals surface area (Å²) in [6, 6.07) is 13.8. The molecule has 2 aromatic carbocycles. The number of para-hydroxylation sites is 3. The molecule has 0 fully saturated rings. The third-order valence-electron chi connectivity index (χ3n) is 3.89. The van der Waals surface area contributed by atoms with E-state index in [1.165, 1.54) is 11.9 Å². The van der Waals surface area contributed by atoms with Gasteiger partial charge in [-0.25, -0.2) is 9.97 Å². The number of aromatic nitrogens is 2. The number of aryl methyl sites for hydroxylation is 2. The second-order valence-corrected chi connectivity index (χ2v) is 6.78. The monoisotopic (exact) mass is 375 g/mol. The van der Waals surface area contributed by atoms with Crippen LogP contribution in [0.15, 0.2) is 78.8 Å². The van der Waals surface area contributed by atoms with E-state index in [0.717, 1.165) is 32.8 Å². The van der Waals surface area contributed by atoms with E-state index in [1.807, 2.05) is 62.4 Å². The summed E-state index contributed by atoms with van der Waals surface area (Å²) in [5.41, 5.74) is 3.66. The fraction of sp³-hybridized carbons (Fsp3) is 0.0909. The molecule has 0 saturated heterocycles. The highest BCUT2D eigenvalue weighted by Crippen LogP contribution is 2.34. The lowest BCUT2D eigenvalue weighted by Crippen LogP contribution is -2.01. The van der Waals surface area contributed by atoms with Crippen molar-refractivity contribution in [1.82, 2.24) is 9.97 Å². The Morgan fingerprint density at radius 2 is 1.67 bits per heavy atom. The molecule has 4 nitrogen and oxygen atoms in total. The molecule has 1 aromatic heterocycles. The van der Waals surface area contributed by atoms with Crippen LogP contribution in [0, 0.1) is 13.8 Å². The third-order valence-corrected chi connectivity index (χ3v) is 4.73. The van der Waals surface area contributed by atoms with E-state index >= 15 is 0 Å². The summed E-state index contributed by atoms with van der Waals surface area (Å²) in [7, 11) is 0. The molecule has 136 valence electrons. The fourth-order valence-electron chi connectivity index (χ4n) is 2.55. The van der Waals surface area contributed by atoms with E-state index < -0.39 is 0 Å². The van der Waals surface area contributed by atoms with Crippen molar-refractivity contribution in [2.75, 3.05) is 4.72 Å². The molecule has 27 heavy (non-hydrogen) atoms. The standard InChI is InChI=1S/C22H21N3OS/c1-5-10-17(6-2)27-25-21-22(24-19-14-8-7-13-18(19)23-21)26-20-15(3)11-9-12-16(20)4/h5-14H,1-2H2,3-4H3,(H,23,25)/b17-10+. The minimum Gasteiger partial charge on any atom is -0.435 e. The number of fused-ring (bicyclic) bond motifs is 1. The average Bonchev–Trinajstić information content (AvgIpc) is 2.68. The Morgan fingerprint density at radius 1 is 1.00 bits per heavy atom. The van der Waals surface area contributed by atoms with Crippen LogP contribution >= 0.6 is 11.9 Å². The Bertz CT molecular complexity index is 1010. The maximum atomic E-state index is 6.19. The summed E-state index contributed by atoms with van der Waals surface area (Å²) in [5, 5.41) is 0. The van der Waals surface area contributed by atoms with E-state index in [9.17, 15) is 0 Å². The van der Waals surface area contributed by atoms with Crippen LogP contribution in [0.1, 0.15) is 11.1 Å². The largest absolute Gasteiger partial charge is 0.435 e. The summed E-state index contributed by atoms with van der Waals surface area (Å²) in [6.45, 7) is 11.6. The van der Waals surface area contributed by atoms with E-state index in [0.29, 0.717) is 11.7 Å². The number of hydrogen-bond donors (Lipinski definition) is 1. The van der Waals surface area contributed by atoms with Crippen LogP contribution in [-0.2, 0) is 0 Å².